The summed E-state index contributed by atoms with van der Waals surface area (Å²) in [6.45, 7) is -0.652. The molecule has 0 bridgehead atoms. The van der Waals surface area contributed by atoms with Crippen LogP contribution < -0.4 is 10.1 Å². The maximum absolute atomic E-state index is 12.2. The predicted molar refractivity (Wildman–Crippen MR) is 83.9 cm³/mol. The van der Waals surface area contributed by atoms with E-state index in [9.17, 15) is 13.9 Å². The number of aliphatic hydroxyl groups is 1. The van der Waals surface area contributed by atoms with Crippen molar-refractivity contribution in [2.24, 2.45) is 0 Å². The fourth-order valence-corrected chi connectivity index (χ4v) is 2.07. The van der Waals surface area contributed by atoms with Gasteiger partial charge in [0.2, 0.25) is 0 Å². The molecule has 2 rings (SSSR count). The number of ether oxygens (including phenoxy) is 1. The molecule has 2 heterocycles. The smallest absolute Gasteiger partial charge is 0.387 e. The van der Waals surface area contributed by atoms with Crippen LogP contribution in [-0.2, 0) is 0 Å². The van der Waals surface area contributed by atoms with E-state index in [1.165, 1.54) is 12.3 Å². The van der Waals surface area contributed by atoms with Crippen LogP contribution in [-0.4, -0.2) is 34.3 Å². The van der Waals surface area contributed by atoms with Gasteiger partial charge in [-0.3, -0.25) is 4.98 Å². The predicted octanol–water partition coefficient (Wildman–Crippen LogP) is 3.58. The van der Waals surface area contributed by atoms with E-state index in [1.807, 2.05) is 0 Å². The molecule has 0 aromatic carbocycles. The molecule has 2 N–H and O–H groups in total. The van der Waals surface area contributed by atoms with Crippen LogP contribution in [0.3, 0.4) is 0 Å². The molecule has 0 saturated carbocycles. The SMILES string of the molecule is C[C@@H](O)CCNc1cc(Cl)ncc1-c1ccc(OC(F)F)cn1. The maximum atomic E-state index is 12.2. The van der Waals surface area contributed by atoms with Gasteiger partial charge in [-0.15, -0.1) is 0 Å². The second-order valence-electron chi connectivity index (χ2n) is 4.87. The number of nitrogens with one attached hydrogen (secondary N) is 1. The zero-order chi connectivity index (χ0) is 16.8. The van der Waals surface area contributed by atoms with E-state index >= 15 is 0 Å². The fraction of sp³-hybridized carbons (Fsp3) is 0.333. The molecule has 23 heavy (non-hydrogen) atoms. The quantitative estimate of drug-likeness (QED) is 0.752. The average Bonchev–Trinajstić information content (AvgIpc) is 2.47. The third kappa shape index (κ3) is 5.30. The summed E-state index contributed by atoms with van der Waals surface area (Å²) in [5, 5.41) is 12.8. The van der Waals surface area contributed by atoms with Crippen molar-refractivity contribution < 1.29 is 18.6 Å². The van der Waals surface area contributed by atoms with Gasteiger partial charge in [0, 0.05) is 24.0 Å². The Morgan fingerprint density at radius 2 is 2.09 bits per heavy atom. The van der Waals surface area contributed by atoms with Crippen LogP contribution >= 0.6 is 11.6 Å². The van der Waals surface area contributed by atoms with Crippen molar-refractivity contribution in [2.45, 2.75) is 26.1 Å². The van der Waals surface area contributed by atoms with Gasteiger partial charge in [-0.25, -0.2) is 4.98 Å². The zero-order valence-corrected chi connectivity index (χ0v) is 13.1. The van der Waals surface area contributed by atoms with Crippen LogP contribution in [0.4, 0.5) is 14.5 Å². The Morgan fingerprint density at radius 1 is 1.30 bits per heavy atom. The largest absolute Gasteiger partial charge is 0.433 e. The molecule has 2 aromatic rings. The lowest BCUT2D eigenvalue weighted by molar-refractivity contribution is -0.0500. The van der Waals surface area contributed by atoms with Gasteiger partial charge in [0.25, 0.3) is 0 Å². The van der Waals surface area contributed by atoms with Gasteiger partial charge in [0.1, 0.15) is 10.9 Å². The monoisotopic (exact) mass is 343 g/mol. The number of nitrogens with zero attached hydrogens (tertiary/aromatic N) is 2. The highest BCUT2D eigenvalue weighted by molar-refractivity contribution is 6.29. The average molecular weight is 344 g/mol. The third-order valence-corrected chi connectivity index (χ3v) is 3.19. The molecule has 0 spiro atoms. The van der Waals surface area contributed by atoms with E-state index in [2.05, 4.69) is 20.0 Å². The number of anilines is 1. The molecule has 0 unspecified atom stereocenters. The summed E-state index contributed by atoms with van der Waals surface area (Å²) < 4.78 is 28.6. The van der Waals surface area contributed by atoms with Gasteiger partial charge in [-0.05, 0) is 31.5 Å². The number of aliphatic hydroxyl groups excluding tert-OH is 1. The molecule has 0 saturated heterocycles. The van der Waals surface area contributed by atoms with Crippen LogP contribution in [0.5, 0.6) is 5.75 Å². The lowest BCUT2D eigenvalue weighted by Gasteiger charge is -2.13. The van der Waals surface area contributed by atoms with E-state index in [-0.39, 0.29) is 5.75 Å². The molecule has 2 aromatic heterocycles. The van der Waals surface area contributed by atoms with E-state index in [1.54, 1.807) is 25.3 Å². The lowest BCUT2D eigenvalue weighted by atomic mass is 10.1. The van der Waals surface area contributed by atoms with Gasteiger partial charge in [0.05, 0.1) is 18.0 Å². The number of halogens is 3. The van der Waals surface area contributed by atoms with Crippen molar-refractivity contribution in [1.29, 1.82) is 0 Å². The molecule has 8 heteroatoms. The normalized spacial score (nSPS) is 12.3. The minimum atomic E-state index is -2.89. The van der Waals surface area contributed by atoms with Gasteiger partial charge in [-0.1, -0.05) is 11.6 Å². The molecule has 0 radical (unpaired) electrons. The van der Waals surface area contributed by atoms with E-state index in [0.29, 0.717) is 35.1 Å². The van der Waals surface area contributed by atoms with Gasteiger partial charge >= 0.3 is 6.61 Å². The van der Waals surface area contributed by atoms with Crippen LogP contribution in [0.15, 0.2) is 30.6 Å². The molecule has 5 nitrogen and oxygen atoms in total. The van der Waals surface area contributed by atoms with Crippen LogP contribution in [0, 0.1) is 0 Å². The standard InChI is InChI=1S/C15H16ClF2N3O2/c1-9(22)4-5-19-13-6-14(16)21-8-11(13)12-3-2-10(7-20-12)23-15(17)18/h2-3,6-9,15,22H,4-5H2,1H3,(H,19,21)/t9-/m1/s1. The van der Waals surface area contributed by atoms with Crippen molar-refractivity contribution in [3.8, 4) is 17.0 Å². The van der Waals surface area contributed by atoms with Crippen molar-refractivity contribution in [3.05, 3.63) is 35.7 Å². The fourth-order valence-electron chi connectivity index (χ4n) is 1.91. The molecular weight excluding hydrogens is 328 g/mol. The summed E-state index contributed by atoms with van der Waals surface area (Å²) in [4.78, 5) is 8.12. The number of hydrogen-bond donors (Lipinski definition) is 2. The number of alkyl halides is 2. The topological polar surface area (TPSA) is 67.3 Å². The van der Waals surface area contributed by atoms with E-state index < -0.39 is 12.7 Å². The summed E-state index contributed by atoms with van der Waals surface area (Å²) in [6.07, 6.45) is 2.90. The van der Waals surface area contributed by atoms with Crippen molar-refractivity contribution in [2.75, 3.05) is 11.9 Å². The first-order chi connectivity index (χ1) is 11.0. The minimum Gasteiger partial charge on any atom is -0.433 e. The molecule has 1 atom stereocenters. The van der Waals surface area contributed by atoms with Gasteiger partial charge in [0.15, 0.2) is 0 Å². The van der Waals surface area contributed by atoms with Crippen LogP contribution in [0.2, 0.25) is 5.15 Å². The number of hydrogen-bond acceptors (Lipinski definition) is 5. The Bertz CT molecular complexity index is 639. The molecule has 0 aliphatic carbocycles. The second kappa shape index (κ2) is 8.03. The molecule has 0 amide bonds. The highest BCUT2D eigenvalue weighted by atomic mass is 35.5. The lowest BCUT2D eigenvalue weighted by Crippen LogP contribution is -2.10. The number of aromatic nitrogens is 2. The second-order valence-corrected chi connectivity index (χ2v) is 5.26. The van der Waals surface area contributed by atoms with Gasteiger partial charge in [-0.2, -0.15) is 8.78 Å². The Balaban J connectivity index is 2.20. The maximum Gasteiger partial charge on any atom is 0.387 e. The first kappa shape index (κ1) is 17.4. The highest BCUT2D eigenvalue weighted by Gasteiger charge is 2.10. The Labute approximate surface area is 137 Å². The van der Waals surface area contributed by atoms with Crippen molar-refractivity contribution in [1.82, 2.24) is 9.97 Å². The van der Waals surface area contributed by atoms with Crippen LogP contribution in [0.25, 0.3) is 11.3 Å². The summed E-state index contributed by atoms with van der Waals surface area (Å²) in [5.41, 5.74) is 1.90. The summed E-state index contributed by atoms with van der Waals surface area (Å²) in [7, 11) is 0. The highest BCUT2D eigenvalue weighted by Crippen LogP contribution is 2.29. The van der Waals surface area contributed by atoms with E-state index in [4.69, 9.17) is 11.6 Å². The summed E-state index contributed by atoms with van der Waals surface area (Å²) >= 11 is 5.90. The summed E-state index contributed by atoms with van der Waals surface area (Å²) in [6, 6.07) is 4.61. The third-order valence-electron chi connectivity index (χ3n) is 2.99. The molecule has 0 aliphatic heterocycles. The summed E-state index contributed by atoms with van der Waals surface area (Å²) in [5.74, 6) is -0.0192. The Kier molecular flexibility index (Phi) is 6.06. The number of pyridine rings is 2. The first-order valence-electron chi connectivity index (χ1n) is 6.94. The Hall–Kier alpha value is -1.99. The molecule has 0 fully saturated rings. The van der Waals surface area contributed by atoms with Crippen molar-refractivity contribution >= 4 is 17.3 Å². The van der Waals surface area contributed by atoms with Crippen LogP contribution in [0.1, 0.15) is 13.3 Å². The minimum absolute atomic E-state index is 0.0192. The molecule has 0 aliphatic rings. The van der Waals surface area contributed by atoms with Gasteiger partial charge < -0.3 is 15.2 Å². The van der Waals surface area contributed by atoms with Crippen molar-refractivity contribution in [3.63, 3.8) is 0 Å². The molecular formula is C15H16ClF2N3O2. The first-order valence-corrected chi connectivity index (χ1v) is 7.32. The van der Waals surface area contributed by atoms with E-state index in [0.717, 1.165) is 0 Å². The molecule has 124 valence electrons. The Morgan fingerprint density at radius 3 is 2.70 bits per heavy atom. The number of rotatable bonds is 7. The zero-order valence-electron chi connectivity index (χ0n) is 12.3.